The predicted molar refractivity (Wildman–Crippen MR) is 102 cm³/mol. The molecule has 0 bridgehead atoms. The summed E-state index contributed by atoms with van der Waals surface area (Å²) in [7, 11) is 1.36. The lowest BCUT2D eigenvalue weighted by molar-refractivity contribution is 0.0601. The van der Waals surface area contributed by atoms with Gasteiger partial charge < -0.3 is 4.74 Å². The van der Waals surface area contributed by atoms with Crippen molar-refractivity contribution in [3.63, 3.8) is 0 Å². The predicted octanol–water partition coefficient (Wildman–Crippen LogP) is 6.09. The molecule has 2 saturated carbocycles. The maximum absolute atomic E-state index is 15.2. The molecule has 26 heavy (non-hydrogen) atoms. The molecule has 2 fully saturated rings. The summed E-state index contributed by atoms with van der Waals surface area (Å²) in [6.07, 6.45) is 7.44. The monoisotopic (exact) mass is 354 g/mol. The highest BCUT2D eigenvalue weighted by atomic mass is 19.1. The first kappa shape index (κ1) is 17.5. The molecule has 3 heteroatoms. The van der Waals surface area contributed by atoms with Crippen LogP contribution in [0.15, 0.2) is 30.3 Å². The lowest BCUT2D eigenvalue weighted by atomic mass is 9.64. The molecule has 2 aliphatic carbocycles. The quantitative estimate of drug-likeness (QED) is 0.610. The third kappa shape index (κ3) is 3.13. The molecule has 0 amide bonds. The van der Waals surface area contributed by atoms with E-state index in [1.54, 1.807) is 18.2 Å². The molecule has 2 aromatic rings. The maximum Gasteiger partial charge on any atom is 0.337 e. The van der Waals surface area contributed by atoms with E-state index in [1.165, 1.54) is 32.8 Å². The van der Waals surface area contributed by atoms with Gasteiger partial charge in [-0.15, -0.1) is 0 Å². The van der Waals surface area contributed by atoms with E-state index in [4.69, 9.17) is 4.74 Å². The number of carbonyl (C=O) groups is 1. The van der Waals surface area contributed by atoms with Crippen LogP contribution in [0.3, 0.4) is 0 Å². The fourth-order valence-corrected chi connectivity index (χ4v) is 5.28. The zero-order chi connectivity index (χ0) is 18.3. The van der Waals surface area contributed by atoms with Gasteiger partial charge >= 0.3 is 5.97 Å². The summed E-state index contributed by atoms with van der Waals surface area (Å²) in [6.45, 7) is 2.37. The van der Waals surface area contributed by atoms with Crippen molar-refractivity contribution >= 4 is 16.7 Å². The van der Waals surface area contributed by atoms with Gasteiger partial charge in [0.15, 0.2) is 0 Å². The minimum absolute atomic E-state index is 0.105. The molecular weight excluding hydrogens is 327 g/mol. The summed E-state index contributed by atoms with van der Waals surface area (Å²) in [6, 6.07) is 8.98. The third-order valence-electron chi connectivity index (χ3n) is 6.72. The summed E-state index contributed by atoms with van der Waals surface area (Å²) >= 11 is 0. The normalized spacial score (nSPS) is 28.6. The van der Waals surface area contributed by atoms with E-state index in [0.29, 0.717) is 16.9 Å². The van der Waals surface area contributed by atoms with Gasteiger partial charge in [0.1, 0.15) is 5.82 Å². The van der Waals surface area contributed by atoms with E-state index >= 15 is 4.39 Å². The molecule has 0 heterocycles. The summed E-state index contributed by atoms with van der Waals surface area (Å²) in [4.78, 5) is 11.7. The Morgan fingerprint density at radius 3 is 2.62 bits per heavy atom. The van der Waals surface area contributed by atoms with Crippen molar-refractivity contribution in [2.24, 2.45) is 17.8 Å². The number of rotatable bonds is 2. The van der Waals surface area contributed by atoms with Crippen molar-refractivity contribution in [3.05, 3.63) is 47.3 Å². The van der Waals surface area contributed by atoms with Crippen LogP contribution in [0.25, 0.3) is 10.8 Å². The van der Waals surface area contributed by atoms with Crippen LogP contribution in [-0.2, 0) is 4.74 Å². The molecule has 2 nitrogen and oxygen atoms in total. The Morgan fingerprint density at radius 1 is 1.04 bits per heavy atom. The Kier molecular flexibility index (Phi) is 4.73. The van der Waals surface area contributed by atoms with Crippen LogP contribution in [0.4, 0.5) is 4.39 Å². The van der Waals surface area contributed by atoms with Gasteiger partial charge in [-0.2, -0.15) is 0 Å². The largest absolute Gasteiger partial charge is 0.465 e. The first-order valence-electron chi connectivity index (χ1n) is 9.87. The summed E-state index contributed by atoms with van der Waals surface area (Å²) in [5.74, 6) is 2.30. The van der Waals surface area contributed by atoms with Crippen LogP contribution in [0.1, 0.15) is 67.3 Å². The SMILES string of the molecule is COC(=O)c1ccc2c(F)c(C3CCC4CC(C)CCC4C3)ccc2c1. The lowest BCUT2D eigenvalue weighted by Gasteiger charge is -2.41. The van der Waals surface area contributed by atoms with E-state index in [2.05, 4.69) is 6.92 Å². The number of hydrogen-bond donors (Lipinski definition) is 0. The standard InChI is InChI=1S/C23H27FO2/c1-14-3-4-16-12-17(6-5-15(16)11-14)20-9-7-18-13-19(23(25)26-2)8-10-21(18)22(20)24/h7-10,13-17H,3-6,11-12H2,1-2H3. The molecule has 0 aromatic heterocycles. The molecule has 0 saturated heterocycles. The van der Waals surface area contributed by atoms with E-state index in [0.717, 1.165) is 41.5 Å². The van der Waals surface area contributed by atoms with E-state index < -0.39 is 0 Å². The molecule has 0 N–H and O–H groups in total. The highest BCUT2D eigenvalue weighted by molar-refractivity contribution is 5.95. The molecule has 0 aliphatic heterocycles. The molecule has 0 spiro atoms. The van der Waals surface area contributed by atoms with Crippen molar-refractivity contribution in [3.8, 4) is 0 Å². The minimum atomic E-state index is -0.388. The first-order valence-corrected chi connectivity index (χ1v) is 9.87. The fourth-order valence-electron chi connectivity index (χ4n) is 5.28. The number of carbonyl (C=O) groups excluding carboxylic acids is 1. The number of benzene rings is 2. The van der Waals surface area contributed by atoms with Crippen molar-refractivity contribution in [2.75, 3.05) is 7.11 Å². The third-order valence-corrected chi connectivity index (χ3v) is 6.72. The molecular formula is C23H27FO2. The van der Waals surface area contributed by atoms with E-state index in [-0.39, 0.29) is 11.8 Å². The maximum atomic E-state index is 15.2. The fraction of sp³-hybridized carbons (Fsp3) is 0.522. The minimum Gasteiger partial charge on any atom is -0.465 e. The molecule has 2 aliphatic rings. The molecule has 4 atom stereocenters. The number of esters is 1. The molecule has 138 valence electrons. The topological polar surface area (TPSA) is 26.3 Å². The second-order valence-corrected chi connectivity index (χ2v) is 8.34. The number of hydrogen-bond acceptors (Lipinski definition) is 2. The number of ether oxygens (including phenoxy) is 1. The lowest BCUT2D eigenvalue weighted by Crippen LogP contribution is -2.29. The average Bonchev–Trinajstić information content (AvgIpc) is 2.67. The van der Waals surface area contributed by atoms with Crippen LogP contribution in [0.5, 0.6) is 0 Å². The Balaban J connectivity index is 1.61. The van der Waals surface area contributed by atoms with Crippen LogP contribution < -0.4 is 0 Å². The van der Waals surface area contributed by atoms with Crippen LogP contribution >= 0.6 is 0 Å². The van der Waals surface area contributed by atoms with Crippen molar-refractivity contribution < 1.29 is 13.9 Å². The first-order chi connectivity index (χ1) is 12.6. The Hall–Kier alpha value is -1.90. The van der Waals surface area contributed by atoms with Gasteiger partial charge in [0.05, 0.1) is 12.7 Å². The average molecular weight is 354 g/mol. The van der Waals surface area contributed by atoms with Crippen molar-refractivity contribution in [1.82, 2.24) is 0 Å². The summed E-state index contributed by atoms with van der Waals surface area (Å²) in [5, 5.41) is 1.36. The van der Waals surface area contributed by atoms with Gasteiger partial charge in [-0.1, -0.05) is 31.5 Å². The van der Waals surface area contributed by atoms with E-state index in [1.807, 2.05) is 12.1 Å². The van der Waals surface area contributed by atoms with E-state index in [9.17, 15) is 4.79 Å². The number of halogens is 1. The Bertz CT molecular complexity index is 828. The van der Waals surface area contributed by atoms with Gasteiger partial charge in [0.25, 0.3) is 0 Å². The van der Waals surface area contributed by atoms with Gasteiger partial charge in [-0.05, 0) is 78.9 Å². The van der Waals surface area contributed by atoms with Gasteiger partial charge in [-0.3, -0.25) is 0 Å². The smallest absolute Gasteiger partial charge is 0.337 e. The van der Waals surface area contributed by atoms with Crippen LogP contribution in [0.2, 0.25) is 0 Å². The molecule has 4 unspecified atom stereocenters. The Morgan fingerprint density at radius 2 is 1.81 bits per heavy atom. The molecule has 2 aromatic carbocycles. The highest BCUT2D eigenvalue weighted by Gasteiger charge is 2.35. The van der Waals surface area contributed by atoms with Gasteiger partial charge in [-0.25, -0.2) is 9.18 Å². The summed E-state index contributed by atoms with van der Waals surface area (Å²) < 4.78 is 20.0. The second kappa shape index (κ2) is 7.02. The Labute approximate surface area is 154 Å². The van der Waals surface area contributed by atoms with Crippen LogP contribution in [-0.4, -0.2) is 13.1 Å². The summed E-state index contributed by atoms with van der Waals surface area (Å²) in [5.41, 5.74) is 1.32. The number of methoxy groups -OCH3 is 1. The van der Waals surface area contributed by atoms with Crippen molar-refractivity contribution in [2.45, 2.75) is 51.4 Å². The van der Waals surface area contributed by atoms with Gasteiger partial charge in [0, 0.05) is 5.39 Å². The molecule has 4 rings (SSSR count). The highest BCUT2D eigenvalue weighted by Crippen LogP contribution is 2.48. The van der Waals surface area contributed by atoms with Gasteiger partial charge in [0.2, 0.25) is 0 Å². The zero-order valence-electron chi connectivity index (χ0n) is 15.6. The van der Waals surface area contributed by atoms with Crippen molar-refractivity contribution in [1.29, 1.82) is 0 Å². The second-order valence-electron chi connectivity index (χ2n) is 8.34. The van der Waals surface area contributed by atoms with Crippen LogP contribution in [0, 0.1) is 23.6 Å². The molecule has 0 radical (unpaired) electrons. The number of fused-ring (bicyclic) bond motifs is 2. The zero-order valence-corrected chi connectivity index (χ0v) is 15.6.